The highest BCUT2D eigenvalue weighted by atomic mass is 79.9. The molecule has 0 aliphatic carbocycles. The van der Waals surface area contributed by atoms with E-state index < -0.39 is 0 Å². The van der Waals surface area contributed by atoms with E-state index in [4.69, 9.17) is 0 Å². The van der Waals surface area contributed by atoms with Gasteiger partial charge in [0.05, 0.1) is 9.70 Å². The van der Waals surface area contributed by atoms with Crippen LogP contribution in [0.4, 0.5) is 0 Å². The maximum atomic E-state index is 11.9. The van der Waals surface area contributed by atoms with Gasteiger partial charge in [-0.15, -0.1) is 11.3 Å². The number of rotatable bonds is 1. The third-order valence-corrected chi connectivity index (χ3v) is 4.78. The minimum absolute atomic E-state index is 0.171. The largest absolute Gasteiger partial charge is 0.296 e. The summed E-state index contributed by atoms with van der Waals surface area (Å²) < 4.78 is 2.21. The molecule has 1 saturated heterocycles. The number of piperidine rings is 1. The molecule has 1 unspecified atom stereocenters. The van der Waals surface area contributed by atoms with Crippen molar-refractivity contribution in [2.24, 2.45) is 0 Å². The second-order valence-electron chi connectivity index (χ2n) is 4.31. The fraction of sp³-hybridized carbons (Fsp3) is 0.231. The molecule has 1 fully saturated rings. The lowest BCUT2D eigenvalue weighted by Crippen LogP contribution is -2.39. The molecule has 0 saturated carbocycles. The number of fused-ring (bicyclic) bond motifs is 1. The average Bonchev–Trinajstić information content (AvgIpc) is 2.69. The van der Waals surface area contributed by atoms with Crippen LogP contribution in [0.3, 0.4) is 0 Å². The van der Waals surface area contributed by atoms with Crippen LogP contribution in [0.5, 0.6) is 0 Å². The van der Waals surface area contributed by atoms with Crippen molar-refractivity contribution >= 4 is 49.2 Å². The molecule has 0 bridgehead atoms. The molecule has 1 N–H and O–H groups in total. The van der Waals surface area contributed by atoms with Crippen LogP contribution in [-0.2, 0) is 9.59 Å². The highest BCUT2D eigenvalue weighted by Gasteiger charge is 2.29. The predicted octanol–water partition coefficient (Wildman–Crippen LogP) is 3.18. The Morgan fingerprint density at radius 3 is 2.94 bits per heavy atom. The van der Waals surface area contributed by atoms with Gasteiger partial charge in [-0.25, -0.2) is 0 Å². The summed E-state index contributed by atoms with van der Waals surface area (Å²) in [7, 11) is 0. The van der Waals surface area contributed by atoms with Crippen LogP contribution >= 0.6 is 27.3 Å². The first-order valence-electron chi connectivity index (χ1n) is 5.67. The lowest BCUT2D eigenvalue weighted by atomic mass is 9.89. The first-order valence-corrected chi connectivity index (χ1v) is 7.28. The van der Waals surface area contributed by atoms with E-state index >= 15 is 0 Å². The normalized spacial score (nSPS) is 20.2. The van der Waals surface area contributed by atoms with E-state index in [2.05, 4.69) is 21.2 Å². The van der Waals surface area contributed by atoms with Gasteiger partial charge in [-0.2, -0.15) is 0 Å². The summed E-state index contributed by atoms with van der Waals surface area (Å²) in [6, 6.07) is 8.02. The van der Waals surface area contributed by atoms with Gasteiger partial charge in [0, 0.05) is 11.1 Å². The van der Waals surface area contributed by atoms with E-state index in [-0.39, 0.29) is 17.7 Å². The zero-order valence-corrected chi connectivity index (χ0v) is 11.8. The molecule has 2 amide bonds. The first-order chi connectivity index (χ1) is 8.65. The quantitative estimate of drug-likeness (QED) is 0.819. The third-order valence-electron chi connectivity index (χ3n) is 3.18. The monoisotopic (exact) mass is 323 g/mol. The van der Waals surface area contributed by atoms with Gasteiger partial charge in [-0.1, -0.05) is 12.1 Å². The highest BCUT2D eigenvalue weighted by Crippen LogP contribution is 2.36. The second kappa shape index (κ2) is 4.48. The van der Waals surface area contributed by atoms with E-state index in [9.17, 15) is 9.59 Å². The van der Waals surface area contributed by atoms with Gasteiger partial charge in [0.15, 0.2) is 0 Å². The Balaban J connectivity index is 2.08. The summed E-state index contributed by atoms with van der Waals surface area (Å²) in [5.74, 6) is -0.566. The molecule has 18 heavy (non-hydrogen) atoms. The number of thiophene rings is 1. The third kappa shape index (κ3) is 1.97. The van der Waals surface area contributed by atoms with Crippen LogP contribution in [0, 0.1) is 0 Å². The van der Waals surface area contributed by atoms with Crippen molar-refractivity contribution < 1.29 is 9.59 Å². The zero-order valence-electron chi connectivity index (χ0n) is 9.40. The van der Waals surface area contributed by atoms with Gasteiger partial charge < -0.3 is 0 Å². The fourth-order valence-corrected chi connectivity index (χ4v) is 3.92. The number of carbonyl (C=O) groups is 2. The summed E-state index contributed by atoms with van der Waals surface area (Å²) in [6.07, 6.45) is 1.01. The molecule has 1 aromatic carbocycles. The summed E-state index contributed by atoms with van der Waals surface area (Å²) in [4.78, 5) is 23.1. The van der Waals surface area contributed by atoms with Crippen LogP contribution in [0.25, 0.3) is 10.1 Å². The zero-order chi connectivity index (χ0) is 12.7. The molecule has 3 rings (SSSR count). The van der Waals surface area contributed by atoms with E-state index in [1.165, 1.54) is 0 Å². The molecule has 2 aromatic rings. The van der Waals surface area contributed by atoms with Crippen LogP contribution in [0.15, 0.2) is 28.1 Å². The summed E-state index contributed by atoms with van der Waals surface area (Å²) in [5.41, 5.74) is 1.01. The average molecular weight is 324 g/mol. The van der Waals surface area contributed by atoms with E-state index in [1.807, 2.05) is 24.3 Å². The fourth-order valence-electron chi connectivity index (χ4n) is 2.35. The Bertz CT molecular complexity index is 649. The van der Waals surface area contributed by atoms with E-state index in [1.54, 1.807) is 11.3 Å². The lowest BCUT2D eigenvalue weighted by Gasteiger charge is -2.21. The highest BCUT2D eigenvalue weighted by molar-refractivity contribution is 9.11. The van der Waals surface area contributed by atoms with Crippen LogP contribution in [0.2, 0.25) is 0 Å². The van der Waals surface area contributed by atoms with Crippen molar-refractivity contribution in [3.05, 3.63) is 33.6 Å². The SMILES string of the molecule is O=C1CCC(c2cccc3sc(Br)cc23)C(=O)N1. The van der Waals surface area contributed by atoms with Crippen LogP contribution in [0.1, 0.15) is 24.3 Å². The molecular weight excluding hydrogens is 314 g/mol. The number of hydrogen-bond acceptors (Lipinski definition) is 3. The molecule has 3 nitrogen and oxygen atoms in total. The Labute approximate surface area is 116 Å². The van der Waals surface area contributed by atoms with Crippen molar-refractivity contribution in [1.29, 1.82) is 0 Å². The Kier molecular flexibility index (Phi) is 2.95. The van der Waals surface area contributed by atoms with Crippen molar-refractivity contribution in [2.75, 3.05) is 0 Å². The topological polar surface area (TPSA) is 46.2 Å². The molecule has 0 radical (unpaired) electrons. The van der Waals surface area contributed by atoms with Gasteiger partial charge in [0.25, 0.3) is 0 Å². The maximum absolute atomic E-state index is 11.9. The van der Waals surface area contributed by atoms with E-state index in [0.29, 0.717) is 12.8 Å². The molecule has 1 aromatic heterocycles. The van der Waals surface area contributed by atoms with Gasteiger partial charge in [-0.05, 0) is 45.4 Å². The molecule has 2 heterocycles. The van der Waals surface area contributed by atoms with Gasteiger partial charge >= 0.3 is 0 Å². The van der Waals surface area contributed by atoms with Crippen molar-refractivity contribution in [2.45, 2.75) is 18.8 Å². The standard InChI is InChI=1S/C13H10BrNO2S/c14-11-6-9-7(2-1-3-10(9)18-11)8-4-5-12(16)15-13(8)17/h1-3,6,8H,4-5H2,(H,15,16,17). The van der Waals surface area contributed by atoms with Crippen LogP contribution in [-0.4, -0.2) is 11.8 Å². The minimum atomic E-state index is -0.215. The number of benzene rings is 1. The molecule has 92 valence electrons. The summed E-state index contributed by atoms with van der Waals surface area (Å²) in [5, 5.41) is 3.51. The Morgan fingerprint density at radius 1 is 1.33 bits per heavy atom. The Hall–Kier alpha value is -1.20. The molecule has 1 aliphatic heterocycles. The smallest absolute Gasteiger partial charge is 0.234 e. The molecule has 0 spiro atoms. The molecule has 5 heteroatoms. The number of imide groups is 1. The number of hydrogen-bond donors (Lipinski definition) is 1. The number of carbonyl (C=O) groups excluding carboxylic acids is 2. The maximum Gasteiger partial charge on any atom is 0.234 e. The number of halogens is 1. The summed E-state index contributed by atoms with van der Waals surface area (Å²) >= 11 is 5.12. The minimum Gasteiger partial charge on any atom is -0.296 e. The first kappa shape index (κ1) is 11.9. The summed E-state index contributed by atoms with van der Waals surface area (Å²) in [6.45, 7) is 0. The molecular formula is C13H10BrNO2S. The van der Waals surface area contributed by atoms with E-state index in [0.717, 1.165) is 19.4 Å². The van der Waals surface area contributed by atoms with Gasteiger partial charge in [-0.3, -0.25) is 14.9 Å². The number of amides is 2. The number of nitrogens with one attached hydrogen (secondary N) is 1. The van der Waals surface area contributed by atoms with Crippen LogP contribution < -0.4 is 5.32 Å². The van der Waals surface area contributed by atoms with Crippen molar-refractivity contribution in [3.8, 4) is 0 Å². The second-order valence-corrected chi connectivity index (χ2v) is 6.78. The van der Waals surface area contributed by atoms with Crippen molar-refractivity contribution in [1.82, 2.24) is 5.32 Å². The predicted molar refractivity (Wildman–Crippen MR) is 74.6 cm³/mol. The van der Waals surface area contributed by atoms with Crippen molar-refractivity contribution in [3.63, 3.8) is 0 Å². The van der Waals surface area contributed by atoms with Gasteiger partial charge in [0.2, 0.25) is 11.8 Å². The molecule has 1 atom stereocenters. The lowest BCUT2D eigenvalue weighted by molar-refractivity contribution is -0.134. The Morgan fingerprint density at radius 2 is 2.17 bits per heavy atom. The van der Waals surface area contributed by atoms with Gasteiger partial charge in [0.1, 0.15) is 0 Å². The molecule has 1 aliphatic rings.